The van der Waals surface area contributed by atoms with Crippen molar-refractivity contribution in [1.82, 2.24) is 0 Å². The first-order chi connectivity index (χ1) is 21.8. The highest BCUT2D eigenvalue weighted by molar-refractivity contribution is 6.26. The summed E-state index contributed by atoms with van der Waals surface area (Å²) in [7, 11) is 0. The second-order valence-corrected chi connectivity index (χ2v) is 11.7. The molecule has 204 valence electrons. The van der Waals surface area contributed by atoms with Crippen LogP contribution in [0.5, 0.6) is 0 Å². The molecule has 0 atom stereocenters. The minimum atomic E-state index is 1.23. The molecule has 0 N–H and O–H groups in total. The number of hydrogen-bond acceptors (Lipinski definition) is 0. The van der Waals surface area contributed by atoms with Gasteiger partial charge in [-0.25, -0.2) is 0 Å². The summed E-state index contributed by atoms with van der Waals surface area (Å²) in [5.41, 5.74) is 7.53. The molecule has 0 heterocycles. The topological polar surface area (TPSA) is 0 Å². The fourth-order valence-corrected chi connectivity index (χ4v) is 7.23. The predicted molar refractivity (Wildman–Crippen MR) is 190 cm³/mol. The maximum absolute atomic E-state index is 2.42. The van der Waals surface area contributed by atoms with Crippen molar-refractivity contribution < 1.29 is 0 Å². The zero-order valence-electron chi connectivity index (χ0n) is 24.2. The van der Waals surface area contributed by atoms with Gasteiger partial charge in [-0.15, -0.1) is 0 Å². The van der Waals surface area contributed by atoms with Crippen LogP contribution >= 0.6 is 0 Å². The van der Waals surface area contributed by atoms with Crippen molar-refractivity contribution in [2.45, 2.75) is 0 Å². The van der Waals surface area contributed by atoms with Gasteiger partial charge in [0.2, 0.25) is 0 Å². The van der Waals surface area contributed by atoms with Crippen LogP contribution in [0.2, 0.25) is 0 Å². The van der Waals surface area contributed by atoms with E-state index in [1.807, 2.05) is 0 Å². The summed E-state index contributed by atoms with van der Waals surface area (Å²) in [6.07, 6.45) is 0. The minimum absolute atomic E-state index is 1.23. The lowest BCUT2D eigenvalue weighted by atomic mass is 9.86. The summed E-state index contributed by atoms with van der Waals surface area (Å²) >= 11 is 0. The van der Waals surface area contributed by atoms with Gasteiger partial charge in [-0.1, -0.05) is 152 Å². The van der Waals surface area contributed by atoms with E-state index in [9.17, 15) is 0 Å². The fraction of sp³-hybridized carbons (Fsp3) is 0. The van der Waals surface area contributed by atoms with E-state index in [4.69, 9.17) is 0 Å². The third kappa shape index (κ3) is 3.85. The van der Waals surface area contributed by atoms with E-state index in [0.29, 0.717) is 0 Å². The Bertz CT molecular complexity index is 2540. The molecule has 0 aliphatic heterocycles. The molecule has 0 amide bonds. The van der Waals surface area contributed by atoms with Crippen molar-refractivity contribution in [2.75, 3.05) is 0 Å². The molecule has 0 saturated heterocycles. The van der Waals surface area contributed by atoms with Gasteiger partial charge in [0, 0.05) is 0 Å². The molecular weight excluding hydrogens is 528 g/mol. The second kappa shape index (κ2) is 9.93. The van der Waals surface area contributed by atoms with Crippen LogP contribution in [0.25, 0.3) is 87.2 Å². The smallest absolute Gasteiger partial charge is 0.00259 e. The molecule has 0 radical (unpaired) electrons. The molecule has 0 saturated carbocycles. The van der Waals surface area contributed by atoms with E-state index < -0.39 is 0 Å². The lowest BCUT2D eigenvalue weighted by Crippen LogP contribution is -1.90. The van der Waals surface area contributed by atoms with E-state index in [0.717, 1.165) is 0 Å². The summed E-state index contributed by atoms with van der Waals surface area (Å²) in [6, 6.07) is 62.3. The normalized spacial score (nSPS) is 11.6. The molecule has 9 aromatic carbocycles. The first-order valence-corrected chi connectivity index (χ1v) is 15.3. The van der Waals surface area contributed by atoms with Crippen LogP contribution in [0, 0.1) is 0 Å². The standard InChI is InChI=1S/C44H28/c1-3-18-34-29(12-1)14-10-24-36(34)31-16-9-17-32(26-31)42-27-33-28-43(37-25-11-15-30-13-2-4-19-35(30)37)39-21-6-8-23-41(39)44(33)40-22-7-5-20-38(40)42/h1-28H. The Morgan fingerprint density at radius 3 is 1.32 bits per heavy atom. The maximum atomic E-state index is 2.42. The fourth-order valence-electron chi connectivity index (χ4n) is 7.23. The van der Waals surface area contributed by atoms with Crippen LogP contribution in [0.15, 0.2) is 170 Å². The van der Waals surface area contributed by atoms with Gasteiger partial charge in [0.05, 0.1) is 0 Å². The van der Waals surface area contributed by atoms with Crippen molar-refractivity contribution >= 4 is 53.9 Å². The highest BCUT2D eigenvalue weighted by Gasteiger charge is 2.16. The van der Waals surface area contributed by atoms with Gasteiger partial charge in [0.25, 0.3) is 0 Å². The molecule has 0 nitrogen and oxygen atoms in total. The highest BCUT2D eigenvalue weighted by Crippen LogP contribution is 2.43. The lowest BCUT2D eigenvalue weighted by molar-refractivity contribution is 1.63. The minimum Gasteiger partial charge on any atom is -0.0616 e. The molecule has 0 unspecified atom stereocenters. The monoisotopic (exact) mass is 556 g/mol. The lowest BCUT2D eigenvalue weighted by Gasteiger charge is -2.17. The van der Waals surface area contributed by atoms with Crippen LogP contribution < -0.4 is 0 Å². The van der Waals surface area contributed by atoms with E-state index in [-0.39, 0.29) is 0 Å². The Hall–Kier alpha value is -5.72. The molecule has 0 bridgehead atoms. The average Bonchev–Trinajstić information content (AvgIpc) is 3.10. The van der Waals surface area contributed by atoms with E-state index in [1.54, 1.807) is 0 Å². The Morgan fingerprint density at radius 1 is 0.227 bits per heavy atom. The molecule has 9 rings (SSSR count). The quantitative estimate of drug-likeness (QED) is 0.190. The molecular formula is C44H28. The van der Waals surface area contributed by atoms with Crippen molar-refractivity contribution in [1.29, 1.82) is 0 Å². The van der Waals surface area contributed by atoms with Crippen molar-refractivity contribution in [3.8, 4) is 33.4 Å². The van der Waals surface area contributed by atoms with Crippen LogP contribution in [0.3, 0.4) is 0 Å². The Labute approximate surface area is 256 Å². The summed E-state index contributed by atoms with van der Waals surface area (Å²) in [5, 5.41) is 12.8. The highest BCUT2D eigenvalue weighted by atomic mass is 14.2. The van der Waals surface area contributed by atoms with Gasteiger partial charge < -0.3 is 0 Å². The van der Waals surface area contributed by atoms with E-state index in [2.05, 4.69) is 170 Å². The first-order valence-electron chi connectivity index (χ1n) is 15.3. The Morgan fingerprint density at radius 2 is 0.659 bits per heavy atom. The molecule has 44 heavy (non-hydrogen) atoms. The third-order valence-corrected chi connectivity index (χ3v) is 9.22. The molecule has 0 spiro atoms. The van der Waals surface area contributed by atoms with Crippen LogP contribution in [0.4, 0.5) is 0 Å². The van der Waals surface area contributed by atoms with Crippen molar-refractivity contribution in [3.05, 3.63) is 170 Å². The van der Waals surface area contributed by atoms with Crippen LogP contribution in [-0.4, -0.2) is 0 Å². The van der Waals surface area contributed by atoms with E-state index >= 15 is 0 Å². The van der Waals surface area contributed by atoms with Gasteiger partial charge in [-0.05, 0) is 105 Å². The van der Waals surface area contributed by atoms with Gasteiger partial charge in [-0.2, -0.15) is 0 Å². The van der Waals surface area contributed by atoms with Gasteiger partial charge in [-0.3, -0.25) is 0 Å². The van der Waals surface area contributed by atoms with Gasteiger partial charge in [0.15, 0.2) is 0 Å². The molecule has 9 aromatic rings. The molecule has 0 aliphatic carbocycles. The van der Waals surface area contributed by atoms with Gasteiger partial charge >= 0.3 is 0 Å². The maximum Gasteiger partial charge on any atom is -0.00259 e. The SMILES string of the molecule is c1cc(-c2cccc3ccccc23)cc(-c2cc3cc(-c4cccc5ccccc45)c4ccccc4c3c3ccccc23)c1. The summed E-state index contributed by atoms with van der Waals surface area (Å²) in [4.78, 5) is 0. The number of hydrogen-bond donors (Lipinski definition) is 0. The predicted octanol–water partition coefficient (Wildman–Crippen LogP) is 12.5. The Balaban J connectivity index is 1.34. The number of benzene rings is 9. The van der Waals surface area contributed by atoms with Crippen LogP contribution in [-0.2, 0) is 0 Å². The summed E-state index contributed by atoms with van der Waals surface area (Å²) in [5.74, 6) is 0. The summed E-state index contributed by atoms with van der Waals surface area (Å²) in [6.45, 7) is 0. The third-order valence-electron chi connectivity index (χ3n) is 9.22. The van der Waals surface area contributed by atoms with Crippen molar-refractivity contribution in [3.63, 3.8) is 0 Å². The molecule has 0 aliphatic rings. The first kappa shape index (κ1) is 24.8. The summed E-state index contributed by atoms with van der Waals surface area (Å²) < 4.78 is 0. The van der Waals surface area contributed by atoms with E-state index in [1.165, 1.54) is 87.2 Å². The second-order valence-electron chi connectivity index (χ2n) is 11.7. The zero-order chi connectivity index (χ0) is 29.0. The van der Waals surface area contributed by atoms with Gasteiger partial charge in [0.1, 0.15) is 0 Å². The molecule has 0 heteroatoms. The Kier molecular flexibility index (Phi) is 5.61. The number of rotatable bonds is 3. The van der Waals surface area contributed by atoms with Crippen molar-refractivity contribution in [2.24, 2.45) is 0 Å². The van der Waals surface area contributed by atoms with Crippen LogP contribution in [0.1, 0.15) is 0 Å². The largest absolute Gasteiger partial charge is 0.0616 e. The zero-order valence-corrected chi connectivity index (χ0v) is 24.2. The molecule has 0 aromatic heterocycles. The number of fused-ring (bicyclic) bond motifs is 7. The average molecular weight is 557 g/mol. The molecule has 0 fully saturated rings.